The van der Waals surface area contributed by atoms with E-state index in [0.717, 1.165) is 43.1 Å². The van der Waals surface area contributed by atoms with Gasteiger partial charge in [-0.05, 0) is 30.9 Å². The predicted molar refractivity (Wildman–Crippen MR) is 81.8 cm³/mol. The lowest BCUT2D eigenvalue weighted by Crippen LogP contribution is -2.51. The normalized spacial score (nSPS) is 17.2. The van der Waals surface area contributed by atoms with Gasteiger partial charge in [-0.25, -0.2) is 0 Å². The molecule has 1 aromatic rings. The molecule has 0 fully saturated rings. The van der Waals surface area contributed by atoms with Crippen molar-refractivity contribution in [2.45, 2.75) is 46.1 Å². The summed E-state index contributed by atoms with van der Waals surface area (Å²) in [6, 6.07) is 5.97. The van der Waals surface area contributed by atoms with E-state index in [2.05, 4.69) is 32.6 Å². The predicted octanol–water partition coefficient (Wildman–Crippen LogP) is 3.68. The van der Waals surface area contributed by atoms with Gasteiger partial charge in [-0.1, -0.05) is 33.8 Å². The largest absolute Gasteiger partial charge is 0.483 e. The molecule has 1 aliphatic rings. The summed E-state index contributed by atoms with van der Waals surface area (Å²) >= 11 is 0. The van der Waals surface area contributed by atoms with Gasteiger partial charge in [0.1, 0.15) is 17.0 Å². The molecule has 0 saturated heterocycles. The van der Waals surface area contributed by atoms with Crippen molar-refractivity contribution in [3.8, 4) is 5.75 Å². The fraction of sp³-hybridized carbons (Fsp3) is 0.625. The van der Waals surface area contributed by atoms with Gasteiger partial charge in [0, 0.05) is 6.54 Å². The minimum atomic E-state index is -0.0737. The molecule has 0 aromatic heterocycles. The van der Waals surface area contributed by atoms with Crippen LogP contribution in [0.25, 0.3) is 0 Å². The van der Waals surface area contributed by atoms with Crippen molar-refractivity contribution < 1.29 is 4.74 Å². The van der Waals surface area contributed by atoms with Crippen LogP contribution in [-0.2, 0) is 0 Å². The Kier molecular flexibility index (Phi) is 3.93. The lowest BCUT2D eigenvalue weighted by molar-refractivity contribution is 0.0570. The van der Waals surface area contributed by atoms with Crippen molar-refractivity contribution in [3.05, 3.63) is 18.2 Å². The molecular formula is C16H26N2O. The van der Waals surface area contributed by atoms with E-state index in [1.54, 1.807) is 0 Å². The zero-order chi connectivity index (χ0) is 14.0. The average Bonchev–Trinajstić information content (AvgIpc) is 2.37. The summed E-state index contributed by atoms with van der Waals surface area (Å²) in [4.78, 5) is 2.41. The lowest BCUT2D eigenvalue weighted by atomic mass is 9.93. The van der Waals surface area contributed by atoms with Gasteiger partial charge in [0.15, 0.2) is 0 Å². The molecule has 0 bridgehead atoms. The zero-order valence-corrected chi connectivity index (χ0v) is 12.6. The van der Waals surface area contributed by atoms with Gasteiger partial charge in [0.2, 0.25) is 0 Å². The molecule has 3 nitrogen and oxygen atoms in total. The van der Waals surface area contributed by atoms with Crippen LogP contribution in [0.1, 0.15) is 40.5 Å². The molecule has 0 amide bonds. The molecule has 106 valence electrons. The van der Waals surface area contributed by atoms with Gasteiger partial charge in [0.25, 0.3) is 0 Å². The number of nitrogen functional groups attached to an aromatic ring is 1. The van der Waals surface area contributed by atoms with Crippen LogP contribution >= 0.6 is 0 Å². The Morgan fingerprint density at radius 3 is 2.58 bits per heavy atom. The third-order valence-corrected chi connectivity index (χ3v) is 4.03. The highest BCUT2D eigenvalue weighted by molar-refractivity contribution is 5.76. The van der Waals surface area contributed by atoms with E-state index in [9.17, 15) is 0 Å². The molecule has 0 aliphatic carbocycles. The number of ether oxygens (including phenoxy) is 1. The van der Waals surface area contributed by atoms with Gasteiger partial charge in [-0.2, -0.15) is 0 Å². The molecule has 0 radical (unpaired) electrons. The van der Waals surface area contributed by atoms with Crippen molar-refractivity contribution in [2.24, 2.45) is 5.92 Å². The van der Waals surface area contributed by atoms with Gasteiger partial charge in [-0.15, -0.1) is 0 Å². The molecule has 1 aromatic carbocycles. The van der Waals surface area contributed by atoms with E-state index in [4.69, 9.17) is 10.5 Å². The molecule has 0 spiro atoms. The topological polar surface area (TPSA) is 38.5 Å². The maximum atomic E-state index is 6.29. The van der Waals surface area contributed by atoms with Crippen molar-refractivity contribution >= 4 is 11.4 Å². The Bertz CT molecular complexity index is 438. The summed E-state index contributed by atoms with van der Waals surface area (Å²) in [5.74, 6) is 1.55. The Labute approximate surface area is 116 Å². The lowest BCUT2D eigenvalue weighted by Gasteiger charge is -2.45. The van der Waals surface area contributed by atoms with E-state index in [1.165, 1.54) is 0 Å². The first-order valence-electron chi connectivity index (χ1n) is 7.33. The van der Waals surface area contributed by atoms with Gasteiger partial charge in [-0.3, -0.25) is 0 Å². The van der Waals surface area contributed by atoms with Crippen LogP contribution < -0.4 is 15.4 Å². The molecule has 0 saturated carbocycles. The molecule has 1 heterocycles. The van der Waals surface area contributed by atoms with E-state index >= 15 is 0 Å². The van der Waals surface area contributed by atoms with Gasteiger partial charge in [0.05, 0.1) is 12.2 Å². The molecule has 2 N–H and O–H groups in total. The van der Waals surface area contributed by atoms with Crippen LogP contribution in [0.15, 0.2) is 18.2 Å². The highest BCUT2D eigenvalue weighted by atomic mass is 16.5. The van der Waals surface area contributed by atoms with Crippen molar-refractivity contribution in [2.75, 3.05) is 23.7 Å². The van der Waals surface area contributed by atoms with Gasteiger partial charge < -0.3 is 15.4 Å². The number of nitrogens with zero attached hydrogens (tertiary/aromatic N) is 1. The molecule has 3 heteroatoms. The monoisotopic (exact) mass is 262 g/mol. The Hall–Kier alpha value is -1.38. The number of hydrogen-bond acceptors (Lipinski definition) is 3. The standard InChI is InChI=1S/C16H26N2O/c1-5-16(6-2)11-18(10-12(3)4)15-13(17)8-7-9-14(15)19-16/h7-9,12H,5-6,10-11,17H2,1-4H3. The second kappa shape index (κ2) is 5.32. The summed E-state index contributed by atoms with van der Waals surface area (Å²) in [6.07, 6.45) is 2.04. The number of para-hydroxylation sites is 1. The van der Waals surface area contributed by atoms with E-state index in [1.807, 2.05) is 18.2 Å². The Balaban J connectivity index is 2.43. The van der Waals surface area contributed by atoms with Crippen molar-refractivity contribution in [1.82, 2.24) is 0 Å². The van der Waals surface area contributed by atoms with Crippen molar-refractivity contribution in [3.63, 3.8) is 0 Å². The highest BCUT2D eigenvalue weighted by Crippen LogP contribution is 2.43. The van der Waals surface area contributed by atoms with Crippen LogP contribution in [0.4, 0.5) is 11.4 Å². The maximum absolute atomic E-state index is 6.29. The summed E-state index contributed by atoms with van der Waals surface area (Å²) in [7, 11) is 0. The quantitative estimate of drug-likeness (QED) is 0.841. The number of hydrogen-bond donors (Lipinski definition) is 1. The van der Waals surface area contributed by atoms with Crippen molar-refractivity contribution in [1.29, 1.82) is 0 Å². The number of nitrogens with two attached hydrogens (primary N) is 1. The fourth-order valence-electron chi connectivity index (χ4n) is 2.87. The third kappa shape index (κ3) is 2.65. The highest BCUT2D eigenvalue weighted by Gasteiger charge is 2.37. The number of anilines is 2. The third-order valence-electron chi connectivity index (χ3n) is 4.03. The van der Waals surface area contributed by atoms with Crippen LogP contribution in [0.5, 0.6) is 5.75 Å². The Morgan fingerprint density at radius 2 is 2.00 bits per heavy atom. The second-order valence-corrected chi connectivity index (χ2v) is 5.96. The Morgan fingerprint density at radius 1 is 1.32 bits per heavy atom. The molecule has 1 aliphatic heterocycles. The number of fused-ring (bicyclic) bond motifs is 1. The smallest absolute Gasteiger partial charge is 0.145 e. The molecule has 0 atom stereocenters. The summed E-state index contributed by atoms with van der Waals surface area (Å²) in [5, 5.41) is 0. The van der Waals surface area contributed by atoms with E-state index < -0.39 is 0 Å². The molecule has 2 rings (SSSR count). The number of benzene rings is 1. The van der Waals surface area contributed by atoms with E-state index in [0.29, 0.717) is 5.92 Å². The average molecular weight is 262 g/mol. The molecule has 19 heavy (non-hydrogen) atoms. The first kappa shape index (κ1) is 14.0. The SMILES string of the molecule is CCC1(CC)CN(CC(C)C)c2c(N)cccc2O1. The van der Waals surface area contributed by atoms with Crippen LogP contribution in [0.2, 0.25) is 0 Å². The summed E-state index contributed by atoms with van der Waals surface area (Å²) in [5.41, 5.74) is 7.98. The minimum absolute atomic E-state index is 0.0737. The summed E-state index contributed by atoms with van der Waals surface area (Å²) in [6.45, 7) is 10.8. The molecular weight excluding hydrogens is 236 g/mol. The van der Waals surface area contributed by atoms with Crippen LogP contribution in [0, 0.1) is 5.92 Å². The second-order valence-electron chi connectivity index (χ2n) is 5.96. The first-order valence-corrected chi connectivity index (χ1v) is 7.33. The van der Waals surface area contributed by atoms with Crippen LogP contribution in [0.3, 0.4) is 0 Å². The number of rotatable bonds is 4. The molecule has 0 unspecified atom stereocenters. The van der Waals surface area contributed by atoms with Crippen LogP contribution in [-0.4, -0.2) is 18.7 Å². The summed E-state index contributed by atoms with van der Waals surface area (Å²) < 4.78 is 6.29. The zero-order valence-electron chi connectivity index (χ0n) is 12.6. The van der Waals surface area contributed by atoms with E-state index in [-0.39, 0.29) is 5.60 Å². The first-order chi connectivity index (χ1) is 9.01. The van der Waals surface area contributed by atoms with Gasteiger partial charge >= 0.3 is 0 Å². The maximum Gasteiger partial charge on any atom is 0.145 e. The minimum Gasteiger partial charge on any atom is -0.483 e. The fourth-order valence-corrected chi connectivity index (χ4v) is 2.87.